The second-order valence-electron chi connectivity index (χ2n) is 6.42. The lowest BCUT2D eigenvalue weighted by atomic mass is 10.1. The monoisotopic (exact) mass is 439 g/mol. The zero-order valence-corrected chi connectivity index (χ0v) is 17.7. The number of carbonyl (C=O) groups is 1. The molecule has 0 amide bonds. The second-order valence-corrected chi connectivity index (χ2v) is 7.80. The van der Waals surface area contributed by atoms with Gasteiger partial charge in [-0.1, -0.05) is 35.5 Å². The van der Waals surface area contributed by atoms with Gasteiger partial charge in [-0.15, -0.1) is 10.2 Å². The van der Waals surface area contributed by atoms with Gasteiger partial charge in [-0.25, -0.2) is 0 Å². The number of methoxy groups -OCH3 is 1. The third-order valence-corrected chi connectivity index (χ3v) is 5.66. The number of halogens is 1. The van der Waals surface area contributed by atoms with Crippen LogP contribution in [0.1, 0.15) is 16.1 Å². The number of furan rings is 1. The average molecular weight is 440 g/mol. The first kappa shape index (κ1) is 20.3. The Morgan fingerprint density at radius 1 is 1.13 bits per heavy atom. The molecule has 2 aromatic carbocycles. The largest absolute Gasteiger partial charge is 0.497 e. The molecular formula is C22H18ClN3O3S. The first-order chi connectivity index (χ1) is 14.6. The van der Waals surface area contributed by atoms with Crippen molar-refractivity contribution in [1.82, 2.24) is 14.8 Å². The Bertz CT molecular complexity index is 1140. The molecule has 8 heteroatoms. The number of hydrogen-bond acceptors (Lipinski definition) is 6. The molecule has 152 valence electrons. The molecule has 6 nitrogen and oxygen atoms in total. The van der Waals surface area contributed by atoms with Crippen molar-refractivity contribution in [2.45, 2.75) is 11.7 Å². The minimum Gasteiger partial charge on any atom is -0.497 e. The molecule has 4 aromatic rings. The van der Waals surface area contributed by atoms with E-state index in [4.69, 9.17) is 20.8 Å². The van der Waals surface area contributed by atoms with E-state index < -0.39 is 0 Å². The summed E-state index contributed by atoms with van der Waals surface area (Å²) in [4.78, 5) is 12.6. The van der Waals surface area contributed by atoms with E-state index in [0.29, 0.717) is 28.1 Å². The molecule has 0 saturated heterocycles. The van der Waals surface area contributed by atoms with E-state index in [2.05, 4.69) is 10.2 Å². The molecule has 0 aliphatic carbocycles. The van der Waals surface area contributed by atoms with Crippen LogP contribution >= 0.6 is 23.4 Å². The number of hydrogen-bond donors (Lipinski definition) is 0. The van der Waals surface area contributed by atoms with Gasteiger partial charge < -0.3 is 9.15 Å². The van der Waals surface area contributed by atoms with E-state index >= 15 is 0 Å². The fourth-order valence-electron chi connectivity index (χ4n) is 2.92. The van der Waals surface area contributed by atoms with E-state index in [1.54, 1.807) is 37.6 Å². The summed E-state index contributed by atoms with van der Waals surface area (Å²) in [6.45, 7) is 0.448. The minimum atomic E-state index is -0.00727. The summed E-state index contributed by atoms with van der Waals surface area (Å²) in [6.07, 6.45) is 1.63. The van der Waals surface area contributed by atoms with Crippen molar-refractivity contribution < 1.29 is 13.9 Å². The van der Waals surface area contributed by atoms with Crippen LogP contribution in [0.3, 0.4) is 0 Å². The van der Waals surface area contributed by atoms with E-state index in [0.717, 1.165) is 17.1 Å². The van der Waals surface area contributed by atoms with Gasteiger partial charge in [0.05, 0.1) is 25.7 Å². The van der Waals surface area contributed by atoms with Gasteiger partial charge in [-0.05, 0) is 48.5 Å². The van der Waals surface area contributed by atoms with Crippen molar-refractivity contribution in [3.8, 4) is 17.1 Å². The number of ketones is 1. The lowest BCUT2D eigenvalue weighted by Crippen LogP contribution is -2.06. The second kappa shape index (κ2) is 9.19. The van der Waals surface area contributed by atoms with Crippen molar-refractivity contribution in [3.63, 3.8) is 0 Å². The maximum absolute atomic E-state index is 12.6. The maximum Gasteiger partial charge on any atom is 0.192 e. The Labute approximate surface area is 182 Å². The smallest absolute Gasteiger partial charge is 0.192 e. The van der Waals surface area contributed by atoms with Crippen LogP contribution < -0.4 is 4.74 Å². The van der Waals surface area contributed by atoms with Crippen LogP contribution in [-0.2, 0) is 6.54 Å². The molecule has 0 aliphatic heterocycles. The highest BCUT2D eigenvalue weighted by Crippen LogP contribution is 2.28. The van der Waals surface area contributed by atoms with Crippen LogP contribution in [0.5, 0.6) is 5.75 Å². The van der Waals surface area contributed by atoms with Gasteiger partial charge in [0.25, 0.3) is 0 Å². The molecule has 0 unspecified atom stereocenters. The van der Waals surface area contributed by atoms with Crippen LogP contribution in [0.4, 0.5) is 0 Å². The summed E-state index contributed by atoms with van der Waals surface area (Å²) in [6, 6.07) is 18.2. The zero-order chi connectivity index (χ0) is 20.9. The summed E-state index contributed by atoms with van der Waals surface area (Å²) in [5.41, 5.74) is 1.47. The molecule has 0 radical (unpaired) electrons. The summed E-state index contributed by atoms with van der Waals surface area (Å²) >= 11 is 7.24. The fraction of sp³-hybridized carbons (Fsp3) is 0.136. The molecule has 0 atom stereocenters. The van der Waals surface area contributed by atoms with Crippen molar-refractivity contribution in [3.05, 3.63) is 83.3 Å². The maximum atomic E-state index is 12.6. The number of thioether (sulfide) groups is 1. The van der Waals surface area contributed by atoms with Crippen molar-refractivity contribution in [2.24, 2.45) is 0 Å². The molecule has 30 heavy (non-hydrogen) atoms. The van der Waals surface area contributed by atoms with Gasteiger partial charge in [0.2, 0.25) is 0 Å². The standard InChI is InChI=1S/C22H18ClN3O3S/c1-28-18-5-2-4-16(12-18)21-24-25-22(26(21)13-19-6-3-11-29-19)30-14-20(27)15-7-9-17(23)10-8-15/h2-12H,13-14H2,1H3. The predicted molar refractivity (Wildman–Crippen MR) is 116 cm³/mol. The van der Waals surface area contributed by atoms with Gasteiger partial charge in [0.1, 0.15) is 11.5 Å². The third-order valence-electron chi connectivity index (χ3n) is 4.44. The first-order valence-corrected chi connectivity index (χ1v) is 10.5. The van der Waals surface area contributed by atoms with Gasteiger partial charge in [0.15, 0.2) is 16.8 Å². The van der Waals surface area contributed by atoms with Crippen molar-refractivity contribution >= 4 is 29.1 Å². The highest BCUT2D eigenvalue weighted by atomic mass is 35.5. The number of rotatable bonds is 8. The van der Waals surface area contributed by atoms with Crippen LogP contribution in [0.2, 0.25) is 5.02 Å². The van der Waals surface area contributed by atoms with Crippen molar-refractivity contribution in [1.29, 1.82) is 0 Å². The van der Waals surface area contributed by atoms with Crippen LogP contribution in [0.15, 0.2) is 76.5 Å². The van der Waals surface area contributed by atoms with Gasteiger partial charge in [-0.3, -0.25) is 9.36 Å². The molecule has 0 aliphatic rings. The van der Waals surface area contributed by atoms with E-state index in [1.165, 1.54) is 11.8 Å². The number of ether oxygens (including phenoxy) is 1. The molecule has 4 rings (SSSR count). The van der Waals surface area contributed by atoms with Crippen LogP contribution in [0.25, 0.3) is 11.4 Å². The molecule has 0 spiro atoms. The van der Waals surface area contributed by atoms with Crippen LogP contribution in [0, 0.1) is 0 Å². The average Bonchev–Trinajstić information content (AvgIpc) is 3.43. The van der Waals surface area contributed by atoms with Gasteiger partial charge in [0, 0.05) is 16.1 Å². The van der Waals surface area contributed by atoms with Gasteiger partial charge >= 0.3 is 0 Å². The predicted octanol–water partition coefficient (Wildman–Crippen LogP) is 5.22. The molecule has 0 N–H and O–H groups in total. The fourth-order valence-corrected chi connectivity index (χ4v) is 3.88. The lowest BCUT2D eigenvalue weighted by Gasteiger charge is -2.09. The van der Waals surface area contributed by atoms with E-state index in [9.17, 15) is 4.79 Å². The molecule has 2 aromatic heterocycles. The summed E-state index contributed by atoms with van der Waals surface area (Å²) < 4.78 is 12.8. The Hall–Kier alpha value is -3.03. The minimum absolute atomic E-state index is 0.00727. The van der Waals surface area contributed by atoms with Crippen LogP contribution in [-0.4, -0.2) is 33.4 Å². The summed E-state index contributed by atoms with van der Waals surface area (Å²) in [7, 11) is 1.62. The number of Topliss-reactive ketones (excluding diaryl/α,β-unsaturated/α-hetero) is 1. The highest BCUT2D eigenvalue weighted by molar-refractivity contribution is 7.99. The quantitative estimate of drug-likeness (QED) is 0.277. The van der Waals surface area contributed by atoms with Gasteiger partial charge in [-0.2, -0.15) is 0 Å². The molecule has 2 heterocycles. The summed E-state index contributed by atoms with van der Waals surface area (Å²) in [5.74, 6) is 2.40. The Morgan fingerprint density at radius 2 is 1.97 bits per heavy atom. The Balaban J connectivity index is 1.61. The SMILES string of the molecule is COc1cccc(-c2nnc(SCC(=O)c3ccc(Cl)cc3)n2Cc2ccco2)c1. The Kier molecular flexibility index (Phi) is 6.21. The zero-order valence-electron chi connectivity index (χ0n) is 16.1. The number of nitrogens with zero attached hydrogens (tertiary/aromatic N) is 3. The van der Waals surface area contributed by atoms with E-state index in [1.807, 2.05) is 41.0 Å². The lowest BCUT2D eigenvalue weighted by molar-refractivity contribution is 0.102. The molecule has 0 bridgehead atoms. The van der Waals surface area contributed by atoms with E-state index in [-0.39, 0.29) is 11.5 Å². The number of aromatic nitrogens is 3. The highest BCUT2D eigenvalue weighted by Gasteiger charge is 2.18. The molecule has 0 fully saturated rings. The van der Waals surface area contributed by atoms with Crippen molar-refractivity contribution in [2.75, 3.05) is 12.9 Å². The Morgan fingerprint density at radius 3 is 2.70 bits per heavy atom. The normalized spacial score (nSPS) is 10.9. The first-order valence-electron chi connectivity index (χ1n) is 9.15. The summed E-state index contributed by atoms with van der Waals surface area (Å²) in [5, 5.41) is 9.93. The molecule has 0 saturated carbocycles. The number of benzene rings is 2. The third kappa shape index (κ3) is 4.58. The topological polar surface area (TPSA) is 70.2 Å². The number of carbonyl (C=O) groups excluding carboxylic acids is 1. The molecular weight excluding hydrogens is 422 g/mol.